The normalized spacial score (nSPS) is 11.1. The highest BCUT2D eigenvalue weighted by atomic mass is 32.2. The molecule has 1 amide bonds. The maximum atomic E-state index is 11.9. The fourth-order valence-electron chi connectivity index (χ4n) is 1.90. The lowest BCUT2D eigenvalue weighted by molar-refractivity contribution is -0.124. The summed E-state index contributed by atoms with van der Waals surface area (Å²) >= 11 is 0. The van der Waals surface area contributed by atoms with Gasteiger partial charge in [0, 0.05) is 0 Å². The number of ether oxygens (including phenoxy) is 1. The zero-order chi connectivity index (χ0) is 17.7. The zero-order valence-corrected chi connectivity index (χ0v) is 13.6. The Kier molecular flexibility index (Phi) is 5.37. The number of hydrogen-bond acceptors (Lipinski definition) is 6. The van der Waals surface area contributed by atoms with E-state index in [-0.39, 0.29) is 17.0 Å². The Morgan fingerprint density at radius 1 is 1.29 bits per heavy atom. The van der Waals surface area contributed by atoms with Crippen molar-refractivity contribution in [2.75, 3.05) is 6.61 Å². The van der Waals surface area contributed by atoms with E-state index in [1.807, 2.05) is 0 Å². The topological polar surface area (TPSA) is 129 Å². The van der Waals surface area contributed by atoms with E-state index >= 15 is 0 Å². The molecule has 128 valence electrons. The van der Waals surface area contributed by atoms with Gasteiger partial charge in [0.25, 0.3) is 5.91 Å². The molecule has 0 saturated carbocycles. The number of benzene rings is 1. The number of primary sulfonamides is 1. The number of carbonyl (C=O) groups excluding carboxylic acids is 2. The van der Waals surface area contributed by atoms with Gasteiger partial charge in [-0.15, -0.1) is 0 Å². The number of sulfonamides is 1. The van der Waals surface area contributed by atoms with Gasteiger partial charge in [-0.25, -0.2) is 18.4 Å². The first-order valence-electron chi connectivity index (χ1n) is 6.87. The van der Waals surface area contributed by atoms with E-state index in [0.29, 0.717) is 11.3 Å². The molecule has 0 unspecified atom stereocenters. The van der Waals surface area contributed by atoms with Crippen molar-refractivity contribution in [2.45, 2.75) is 18.4 Å². The maximum absolute atomic E-state index is 11.9. The predicted molar refractivity (Wildman–Crippen MR) is 83.4 cm³/mol. The summed E-state index contributed by atoms with van der Waals surface area (Å²) in [5, 5.41) is 7.59. The Morgan fingerprint density at radius 3 is 2.67 bits per heavy atom. The van der Waals surface area contributed by atoms with Crippen LogP contribution >= 0.6 is 0 Å². The van der Waals surface area contributed by atoms with Crippen LogP contribution in [-0.4, -0.2) is 26.9 Å². The van der Waals surface area contributed by atoms with Crippen molar-refractivity contribution in [2.24, 2.45) is 5.14 Å². The van der Waals surface area contributed by atoms with E-state index in [4.69, 9.17) is 14.3 Å². The van der Waals surface area contributed by atoms with Crippen molar-refractivity contribution in [3.8, 4) is 0 Å². The van der Waals surface area contributed by atoms with E-state index < -0.39 is 28.5 Å². The Bertz CT molecular complexity index is 843. The molecule has 9 heteroatoms. The van der Waals surface area contributed by atoms with E-state index in [9.17, 15) is 18.0 Å². The SMILES string of the molecule is Cc1ccc(C(=O)OCC(=O)NCc2ccco2)cc1S(N)(=O)=O. The lowest BCUT2D eigenvalue weighted by Crippen LogP contribution is -2.28. The van der Waals surface area contributed by atoms with E-state index in [0.717, 1.165) is 6.07 Å². The van der Waals surface area contributed by atoms with Crippen LogP contribution in [0.5, 0.6) is 0 Å². The van der Waals surface area contributed by atoms with Gasteiger partial charge in [-0.3, -0.25) is 4.79 Å². The number of esters is 1. The number of amides is 1. The van der Waals surface area contributed by atoms with Crippen LogP contribution in [0.3, 0.4) is 0 Å². The van der Waals surface area contributed by atoms with Crippen LogP contribution in [-0.2, 0) is 26.1 Å². The molecule has 24 heavy (non-hydrogen) atoms. The first-order chi connectivity index (χ1) is 11.3. The lowest BCUT2D eigenvalue weighted by Gasteiger charge is -2.08. The summed E-state index contributed by atoms with van der Waals surface area (Å²) in [6.07, 6.45) is 1.47. The molecule has 1 aromatic heterocycles. The minimum Gasteiger partial charge on any atom is -0.467 e. The molecule has 0 bridgehead atoms. The maximum Gasteiger partial charge on any atom is 0.338 e. The molecule has 0 radical (unpaired) electrons. The molecule has 0 atom stereocenters. The molecule has 8 nitrogen and oxygen atoms in total. The highest BCUT2D eigenvalue weighted by Gasteiger charge is 2.16. The third kappa shape index (κ3) is 4.67. The summed E-state index contributed by atoms with van der Waals surface area (Å²) < 4.78 is 32.8. The van der Waals surface area contributed by atoms with Crippen LogP contribution in [0.1, 0.15) is 21.7 Å². The molecular weight excluding hydrogens is 336 g/mol. The van der Waals surface area contributed by atoms with Crippen molar-refractivity contribution >= 4 is 21.9 Å². The molecule has 2 rings (SSSR count). The number of rotatable bonds is 6. The second kappa shape index (κ2) is 7.28. The van der Waals surface area contributed by atoms with Crippen molar-refractivity contribution in [1.29, 1.82) is 0 Å². The van der Waals surface area contributed by atoms with Crippen molar-refractivity contribution in [3.63, 3.8) is 0 Å². The number of nitrogens with one attached hydrogen (secondary N) is 1. The lowest BCUT2D eigenvalue weighted by atomic mass is 10.1. The molecule has 0 aliphatic heterocycles. The molecule has 3 N–H and O–H groups in total. The molecule has 1 aromatic carbocycles. The molecular formula is C15H16N2O6S. The van der Waals surface area contributed by atoms with Gasteiger partial charge in [0.15, 0.2) is 6.61 Å². The highest BCUT2D eigenvalue weighted by Crippen LogP contribution is 2.16. The Balaban J connectivity index is 1.94. The largest absolute Gasteiger partial charge is 0.467 e. The van der Waals surface area contributed by atoms with Crippen LogP contribution in [0, 0.1) is 6.92 Å². The molecule has 0 saturated heterocycles. The zero-order valence-electron chi connectivity index (χ0n) is 12.8. The average molecular weight is 352 g/mol. The van der Waals surface area contributed by atoms with Gasteiger partial charge in [0.1, 0.15) is 5.76 Å². The Morgan fingerprint density at radius 2 is 2.04 bits per heavy atom. The van der Waals surface area contributed by atoms with Gasteiger partial charge in [-0.2, -0.15) is 0 Å². The van der Waals surface area contributed by atoms with Crippen LogP contribution < -0.4 is 10.5 Å². The summed E-state index contributed by atoms with van der Waals surface area (Å²) in [6, 6.07) is 7.32. The summed E-state index contributed by atoms with van der Waals surface area (Å²) in [4.78, 5) is 23.4. The fraction of sp³-hybridized carbons (Fsp3) is 0.200. The average Bonchev–Trinajstić information content (AvgIpc) is 3.03. The van der Waals surface area contributed by atoms with Gasteiger partial charge in [-0.1, -0.05) is 6.07 Å². The van der Waals surface area contributed by atoms with Gasteiger partial charge in [0.05, 0.1) is 23.3 Å². The number of carbonyl (C=O) groups is 2. The summed E-state index contributed by atoms with van der Waals surface area (Å²) in [6.45, 7) is 1.22. The summed E-state index contributed by atoms with van der Waals surface area (Å²) in [7, 11) is -3.95. The molecule has 0 aliphatic rings. The van der Waals surface area contributed by atoms with Gasteiger partial charge in [-0.05, 0) is 36.8 Å². The van der Waals surface area contributed by atoms with Crippen LogP contribution in [0.25, 0.3) is 0 Å². The number of aryl methyl sites for hydroxylation is 1. The molecule has 0 spiro atoms. The van der Waals surface area contributed by atoms with Crippen LogP contribution in [0.4, 0.5) is 0 Å². The number of furan rings is 1. The van der Waals surface area contributed by atoms with Gasteiger partial charge < -0.3 is 14.5 Å². The third-order valence-electron chi connectivity index (χ3n) is 3.10. The molecule has 0 fully saturated rings. The van der Waals surface area contributed by atoms with E-state index in [1.54, 1.807) is 19.1 Å². The number of hydrogen-bond donors (Lipinski definition) is 2. The minimum absolute atomic E-state index is 0.0107. The Hall–Kier alpha value is -2.65. The van der Waals surface area contributed by atoms with Crippen LogP contribution in [0.2, 0.25) is 0 Å². The van der Waals surface area contributed by atoms with Crippen molar-refractivity contribution in [3.05, 3.63) is 53.5 Å². The van der Waals surface area contributed by atoms with Crippen molar-refractivity contribution < 1.29 is 27.2 Å². The first-order valence-corrected chi connectivity index (χ1v) is 8.41. The first kappa shape index (κ1) is 17.7. The van der Waals surface area contributed by atoms with E-state index in [2.05, 4.69) is 5.32 Å². The van der Waals surface area contributed by atoms with Crippen molar-refractivity contribution in [1.82, 2.24) is 5.32 Å². The standard InChI is InChI=1S/C15H16N2O6S/c1-10-4-5-11(7-13(10)24(16,20)21)15(19)23-9-14(18)17-8-12-3-2-6-22-12/h2-7H,8-9H2,1H3,(H,17,18)(H2,16,20,21). The Labute approximate surface area is 138 Å². The monoisotopic (exact) mass is 352 g/mol. The van der Waals surface area contributed by atoms with E-state index in [1.165, 1.54) is 18.4 Å². The third-order valence-corrected chi connectivity index (χ3v) is 4.16. The summed E-state index contributed by atoms with van der Waals surface area (Å²) in [5.74, 6) is -0.780. The number of nitrogens with two attached hydrogens (primary N) is 1. The van der Waals surface area contributed by atoms with Crippen LogP contribution in [0.15, 0.2) is 45.9 Å². The minimum atomic E-state index is -3.95. The predicted octanol–water partition coefficient (Wildman–Crippen LogP) is 0.709. The van der Waals surface area contributed by atoms with Gasteiger partial charge in [0.2, 0.25) is 10.0 Å². The summed E-state index contributed by atoms with van der Waals surface area (Å²) in [5.41, 5.74) is 0.397. The highest BCUT2D eigenvalue weighted by molar-refractivity contribution is 7.89. The fourth-order valence-corrected chi connectivity index (χ4v) is 2.71. The second-order valence-electron chi connectivity index (χ2n) is 4.96. The van der Waals surface area contributed by atoms with Gasteiger partial charge >= 0.3 is 5.97 Å². The molecule has 2 aromatic rings. The smallest absolute Gasteiger partial charge is 0.338 e. The second-order valence-corrected chi connectivity index (χ2v) is 6.49. The quantitative estimate of drug-likeness (QED) is 0.737. The molecule has 0 aliphatic carbocycles. The molecule has 1 heterocycles.